The zero-order valence-corrected chi connectivity index (χ0v) is 17.7. The molecule has 1 heterocycles. The molecule has 3 aromatic rings. The number of nitrogens with one attached hydrogen (secondary N) is 1. The van der Waals surface area contributed by atoms with Crippen LogP contribution in [0.3, 0.4) is 0 Å². The van der Waals surface area contributed by atoms with Gasteiger partial charge in [0.05, 0.1) is 11.3 Å². The van der Waals surface area contributed by atoms with Crippen LogP contribution in [-0.2, 0) is 14.3 Å². The first kappa shape index (κ1) is 21.2. The number of amides is 2. The van der Waals surface area contributed by atoms with Gasteiger partial charge in [-0.25, -0.2) is 0 Å². The van der Waals surface area contributed by atoms with E-state index in [-0.39, 0.29) is 11.3 Å². The highest BCUT2D eigenvalue weighted by Crippen LogP contribution is 2.33. The van der Waals surface area contributed by atoms with E-state index in [1.165, 1.54) is 24.8 Å². The number of hydrogen-bond acceptors (Lipinski definition) is 6. The molecule has 0 spiro atoms. The van der Waals surface area contributed by atoms with Crippen molar-refractivity contribution in [1.82, 2.24) is 0 Å². The Balaban J connectivity index is 1.59. The highest BCUT2D eigenvalue weighted by atomic mass is 35.5. The summed E-state index contributed by atoms with van der Waals surface area (Å²) < 4.78 is 5.21. The molecular weight excluding hydrogens is 432 g/mol. The minimum Gasteiger partial charge on any atom is -0.452 e. The minimum absolute atomic E-state index is 0.0213. The van der Waals surface area contributed by atoms with Gasteiger partial charge >= 0.3 is 5.97 Å². The van der Waals surface area contributed by atoms with E-state index in [1.807, 2.05) is 30.3 Å². The van der Waals surface area contributed by atoms with E-state index in [9.17, 15) is 14.4 Å². The van der Waals surface area contributed by atoms with E-state index in [0.29, 0.717) is 10.0 Å². The molecule has 1 aromatic heterocycles. The van der Waals surface area contributed by atoms with Gasteiger partial charge in [0.25, 0.3) is 11.8 Å². The molecule has 0 aliphatic rings. The van der Waals surface area contributed by atoms with Crippen LogP contribution in [0.2, 0.25) is 5.02 Å². The fourth-order valence-corrected chi connectivity index (χ4v) is 4.64. The molecule has 1 unspecified atom stereocenters. The number of thiophene rings is 1. The summed E-state index contributed by atoms with van der Waals surface area (Å²) in [5.41, 5.74) is 5.47. The third kappa shape index (κ3) is 5.09. The second kappa shape index (κ2) is 9.30. The van der Waals surface area contributed by atoms with Crippen LogP contribution in [0.15, 0.2) is 52.7 Å². The average molecular weight is 449 g/mol. The number of ether oxygens (including phenoxy) is 1. The van der Waals surface area contributed by atoms with Gasteiger partial charge in [-0.15, -0.1) is 23.1 Å². The molecule has 0 aliphatic heterocycles. The van der Waals surface area contributed by atoms with Crippen LogP contribution in [0.5, 0.6) is 0 Å². The van der Waals surface area contributed by atoms with Crippen LogP contribution >= 0.6 is 34.7 Å². The molecule has 6 nitrogen and oxygen atoms in total. The summed E-state index contributed by atoms with van der Waals surface area (Å²) in [6.07, 6.45) is -1.03. The predicted molar refractivity (Wildman–Crippen MR) is 117 cm³/mol. The fraction of sp³-hybridized carbons (Fsp3) is 0.150. The van der Waals surface area contributed by atoms with E-state index in [0.717, 1.165) is 27.0 Å². The molecule has 2 aromatic carbocycles. The molecule has 3 N–H and O–H groups in total. The molecule has 0 radical (unpaired) electrons. The molecule has 29 heavy (non-hydrogen) atoms. The quantitative estimate of drug-likeness (QED) is 0.414. The molecule has 0 saturated carbocycles. The highest BCUT2D eigenvalue weighted by molar-refractivity contribution is 8.00. The van der Waals surface area contributed by atoms with Crippen LogP contribution in [0.25, 0.3) is 10.8 Å². The summed E-state index contributed by atoms with van der Waals surface area (Å²) >= 11 is 8.74. The van der Waals surface area contributed by atoms with Crippen molar-refractivity contribution >= 4 is 68.3 Å². The van der Waals surface area contributed by atoms with Crippen LogP contribution in [0.4, 0.5) is 5.00 Å². The van der Waals surface area contributed by atoms with Gasteiger partial charge in [0.2, 0.25) is 0 Å². The first-order chi connectivity index (χ1) is 13.9. The van der Waals surface area contributed by atoms with Crippen molar-refractivity contribution in [3.8, 4) is 0 Å². The Morgan fingerprint density at radius 1 is 1.21 bits per heavy atom. The van der Waals surface area contributed by atoms with Crippen molar-refractivity contribution in [2.45, 2.75) is 17.9 Å². The Labute approximate surface area is 180 Å². The van der Waals surface area contributed by atoms with Gasteiger partial charge in [0.1, 0.15) is 5.00 Å². The molecule has 2 amide bonds. The Bertz CT molecular complexity index is 1080. The normalized spacial score (nSPS) is 11.8. The maximum atomic E-state index is 12.3. The number of carbonyl (C=O) groups is 3. The molecule has 0 fully saturated rings. The van der Waals surface area contributed by atoms with Crippen molar-refractivity contribution in [2.75, 3.05) is 11.1 Å². The zero-order valence-electron chi connectivity index (χ0n) is 15.3. The van der Waals surface area contributed by atoms with Gasteiger partial charge in [-0.3, -0.25) is 14.4 Å². The lowest BCUT2D eigenvalue weighted by atomic mass is 10.1. The molecule has 0 saturated heterocycles. The second-order valence-corrected chi connectivity index (χ2v) is 8.37. The smallest absolute Gasteiger partial charge is 0.317 e. The summed E-state index contributed by atoms with van der Waals surface area (Å²) in [4.78, 5) is 36.6. The van der Waals surface area contributed by atoms with Gasteiger partial charge < -0.3 is 15.8 Å². The number of fused-ring (bicyclic) bond motifs is 1. The topological polar surface area (TPSA) is 98.5 Å². The molecule has 0 aliphatic carbocycles. The maximum absolute atomic E-state index is 12.3. The minimum atomic E-state index is -1.03. The molecule has 1 atom stereocenters. The average Bonchev–Trinajstić information content (AvgIpc) is 3.14. The molecule has 9 heteroatoms. The first-order valence-corrected chi connectivity index (χ1v) is 10.8. The zero-order chi connectivity index (χ0) is 21.0. The van der Waals surface area contributed by atoms with Crippen LogP contribution in [-0.4, -0.2) is 29.6 Å². The number of hydrogen-bond donors (Lipinski definition) is 2. The van der Waals surface area contributed by atoms with Crippen molar-refractivity contribution in [1.29, 1.82) is 0 Å². The first-order valence-electron chi connectivity index (χ1n) is 8.54. The number of rotatable bonds is 7. The van der Waals surface area contributed by atoms with E-state index in [4.69, 9.17) is 22.1 Å². The number of carbonyl (C=O) groups excluding carboxylic acids is 3. The van der Waals surface area contributed by atoms with Crippen molar-refractivity contribution < 1.29 is 19.1 Å². The third-order valence-corrected chi connectivity index (χ3v) is 6.18. The number of thioether (sulfide) groups is 1. The number of anilines is 1. The van der Waals surface area contributed by atoms with Crippen molar-refractivity contribution in [3.05, 3.63) is 58.4 Å². The Hall–Kier alpha value is -2.55. The third-order valence-electron chi connectivity index (χ3n) is 4.01. The van der Waals surface area contributed by atoms with Gasteiger partial charge in [0, 0.05) is 15.3 Å². The lowest BCUT2D eigenvalue weighted by molar-refractivity contribution is -0.150. The lowest BCUT2D eigenvalue weighted by Crippen LogP contribution is -2.31. The van der Waals surface area contributed by atoms with Gasteiger partial charge in [-0.1, -0.05) is 35.9 Å². The van der Waals surface area contributed by atoms with Crippen molar-refractivity contribution in [3.63, 3.8) is 0 Å². The van der Waals surface area contributed by atoms with Gasteiger partial charge in [-0.2, -0.15) is 0 Å². The molecule has 3 rings (SSSR count). The summed E-state index contributed by atoms with van der Waals surface area (Å²) in [6.45, 7) is 1.46. The Morgan fingerprint density at radius 2 is 1.93 bits per heavy atom. The summed E-state index contributed by atoms with van der Waals surface area (Å²) in [7, 11) is 0. The fourth-order valence-electron chi connectivity index (χ4n) is 2.62. The SMILES string of the molecule is CC(OC(=O)CSc1cccc2cccc(Cl)c12)C(=O)Nc1sccc1C(N)=O. The monoisotopic (exact) mass is 448 g/mol. The lowest BCUT2D eigenvalue weighted by Gasteiger charge is -2.13. The Morgan fingerprint density at radius 3 is 2.66 bits per heavy atom. The second-order valence-electron chi connectivity index (χ2n) is 6.03. The van der Waals surface area contributed by atoms with E-state index >= 15 is 0 Å². The van der Waals surface area contributed by atoms with E-state index < -0.39 is 23.9 Å². The number of halogens is 1. The number of primary amides is 1. The summed E-state index contributed by atoms with van der Waals surface area (Å²) in [5, 5.41) is 6.97. The van der Waals surface area contributed by atoms with Crippen molar-refractivity contribution in [2.24, 2.45) is 5.73 Å². The van der Waals surface area contributed by atoms with Crippen LogP contribution in [0.1, 0.15) is 17.3 Å². The molecule has 0 bridgehead atoms. The number of nitrogens with two attached hydrogens (primary N) is 1. The molecule has 150 valence electrons. The van der Waals surface area contributed by atoms with Gasteiger partial charge in [0.15, 0.2) is 6.10 Å². The standard InChI is InChI=1S/C20H17ClN2O4S2/c1-11(19(26)23-20-13(18(22)25)8-9-28-20)27-16(24)10-29-15-7-3-5-12-4-2-6-14(21)17(12)15/h2-9,11H,10H2,1H3,(H2,22,25)(H,23,26). The summed E-state index contributed by atoms with van der Waals surface area (Å²) in [5.74, 6) is -1.70. The molecular formula is C20H17ClN2O4S2. The Kier molecular flexibility index (Phi) is 6.79. The van der Waals surface area contributed by atoms with E-state index in [2.05, 4.69) is 5.32 Å². The maximum Gasteiger partial charge on any atom is 0.317 e. The van der Waals surface area contributed by atoms with E-state index in [1.54, 1.807) is 11.4 Å². The van der Waals surface area contributed by atoms with Gasteiger partial charge in [-0.05, 0) is 35.9 Å². The summed E-state index contributed by atoms with van der Waals surface area (Å²) in [6, 6.07) is 12.8. The highest BCUT2D eigenvalue weighted by Gasteiger charge is 2.21. The number of benzene rings is 2. The van der Waals surface area contributed by atoms with Crippen LogP contribution in [0, 0.1) is 0 Å². The largest absolute Gasteiger partial charge is 0.452 e. The predicted octanol–water partition coefficient (Wildman–Crippen LogP) is 4.32. The van der Waals surface area contributed by atoms with Crippen LogP contribution < -0.4 is 11.1 Å². The number of esters is 1.